The SMILES string of the molecule is CCCNCc1ncn(CCOC(C)(C)C)n1. The number of nitrogens with one attached hydrogen (secondary N) is 1. The van der Waals surface area contributed by atoms with Gasteiger partial charge in [-0.05, 0) is 33.7 Å². The van der Waals surface area contributed by atoms with Gasteiger partial charge in [0.1, 0.15) is 6.33 Å². The van der Waals surface area contributed by atoms with Crippen LogP contribution >= 0.6 is 0 Å². The maximum Gasteiger partial charge on any atom is 0.164 e. The van der Waals surface area contributed by atoms with E-state index in [9.17, 15) is 0 Å². The lowest BCUT2D eigenvalue weighted by molar-refractivity contribution is -0.00795. The van der Waals surface area contributed by atoms with Gasteiger partial charge in [0.05, 0.1) is 25.3 Å². The van der Waals surface area contributed by atoms with Crippen LogP contribution in [0, 0.1) is 0 Å². The lowest BCUT2D eigenvalue weighted by atomic mass is 10.2. The largest absolute Gasteiger partial charge is 0.374 e. The van der Waals surface area contributed by atoms with Gasteiger partial charge in [-0.3, -0.25) is 4.68 Å². The zero-order valence-corrected chi connectivity index (χ0v) is 11.4. The molecule has 5 nitrogen and oxygen atoms in total. The summed E-state index contributed by atoms with van der Waals surface area (Å²) < 4.78 is 7.46. The first-order valence-corrected chi connectivity index (χ1v) is 6.24. The Kier molecular flexibility index (Phi) is 5.58. The molecular weight excluding hydrogens is 216 g/mol. The van der Waals surface area contributed by atoms with Crippen molar-refractivity contribution in [1.82, 2.24) is 20.1 Å². The first-order chi connectivity index (χ1) is 8.01. The van der Waals surface area contributed by atoms with Crippen LogP contribution in [0.15, 0.2) is 6.33 Å². The van der Waals surface area contributed by atoms with Gasteiger partial charge < -0.3 is 10.1 Å². The Balaban J connectivity index is 2.26. The molecule has 1 N–H and O–H groups in total. The molecule has 98 valence electrons. The van der Waals surface area contributed by atoms with Gasteiger partial charge in [0.2, 0.25) is 0 Å². The lowest BCUT2D eigenvalue weighted by Gasteiger charge is -2.19. The van der Waals surface area contributed by atoms with Crippen molar-refractivity contribution in [2.45, 2.75) is 52.8 Å². The van der Waals surface area contributed by atoms with E-state index in [0.29, 0.717) is 6.61 Å². The van der Waals surface area contributed by atoms with Crippen molar-refractivity contribution < 1.29 is 4.74 Å². The highest BCUT2D eigenvalue weighted by Crippen LogP contribution is 2.06. The fraction of sp³-hybridized carbons (Fsp3) is 0.833. The zero-order chi connectivity index (χ0) is 12.7. The van der Waals surface area contributed by atoms with Gasteiger partial charge in [0, 0.05) is 0 Å². The Bertz CT molecular complexity index is 317. The average molecular weight is 240 g/mol. The minimum atomic E-state index is -0.0912. The monoisotopic (exact) mass is 240 g/mol. The standard InChI is InChI=1S/C12H24N4O/c1-5-6-13-9-11-14-10-16(15-11)7-8-17-12(2,3)4/h10,13H,5-9H2,1-4H3. The van der Waals surface area contributed by atoms with Crippen molar-refractivity contribution in [1.29, 1.82) is 0 Å². The summed E-state index contributed by atoms with van der Waals surface area (Å²) in [5.74, 6) is 0.842. The van der Waals surface area contributed by atoms with Crippen LogP contribution in [0.3, 0.4) is 0 Å². The molecule has 0 amide bonds. The summed E-state index contributed by atoms with van der Waals surface area (Å²) in [5.41, 5.74) is -0.0912. The molecule has 1 aromatic rings. The van der Waals surface area contributed by atoms with E-state index in [1.165, 1.54) is 0 Å². The molecule has 0 spiro atoms. The third kappa shape index (κ3) is 6.38. The fourth-order valence-corrected chi connectivity index (χ4v) is 1.34. The highest BCUT2D eigenvalue weighted by molar-refractivity contribution is 4.80. The topological polar surface area (TPSA) is 52.0 Å². The molecule has 1 heterocycles. The van der Waals surface area contributed by atoms with E-state index in [0.717, 1.165) is 31.9 Å². The summed E-state index contributed by atoms with van der Waals surface area (Å²) in [6, 6.07) is 0. The number of rotatable bonds is 7. The van der Waals surface area contributed by atoms with E-state index in [1.807, 2.05) is 4.68 Å². The molecule has 0 aliphatic heterocycles. The third-order valence-electron chi connectivity index (χ3n) is 2.15. The third-order valence-corrected chi connectivity index (χ3v) is 2.15. The van der Waals surface area contributed by atoms with Gasteiger partial charge in [-0.1, -0.05) is 6.92 Å². The molecule has 0 saturated carbocycles. The van der Waals surface area contributed by atoms with E-state index < -0.39 is 0 Å². The molecule has 0 bridgehead atoms. The van der Waals surface area contributed by atoms with Crippen LogP contribution in [-0.2, 0) is 17.8 Å². The van der Waals surface area contributed by atoms with Crippen molar-refractivity contribution in [3.8, 4) is 0 Å². The van der Waals surface area contributed by atoms with Crippen LogP contribution in [0.5, 0.6) is 0 Å². The molecule has 0 aliphatic carbocycles. The molecule has 0 aliphatic rings. The van der Waals surface area contributed by atoms with Gasteiger partial charge in [-0.25, -0.2) is 4.98 Å². The first kappa shape index (κ1) is 14.1. The number of hydrogen-bond donors (Lipinski definition) is 1. The Morgan fingerprint density at radius 1 is 1.41 bits per heavy atom. The van der Waals surface area contributed by atoms with Gasteiger partial charge in [0.15, 0.2) is 5.82 Å². The van der Waals surface area contributed by atoms with Crippen LogP contribution < -0.4 is 5.32 Å². The highest BCUT2D eigenvalue weighted by atomic mass is 16.5. The number of ether oxygens (including phenoxy) is 1. The van der Waals surface area contributed by atoms with Crippen molar-refractivity contribution in [2.24, 2.45) is 0 Å². The summed E-state index contributed by atoms with van der Waals surface area (Å²) in [6.45, 7) is 11.4. The van der Waals surface area contributed by atoms with Crippen LogP contribution in [0.25, 0.3) is 0 Å². The summed E-state index contributed by atoms with van der Waals surface area (Å²) in [6.07, 6.45) is 2.88. The minimum absolute atomic E-state index is 0.0912. The van der Waals surface area contributed by atoms with Gasteiger partial charge in [0.25, 0.3) is 0 Å². The molecule has 17 heavy (non-hydrogen) atoms. The van der Waals surface area contributed by atoms with E-state index in [-0.39, 0.29) is 5.60 Å². The molecule has 0 unspecified atom stereocenters. The van der Waals surface area contributed by atoms with Crippen molar-refractivity contribution in [3.05, 3.63) is 12.2 Å². The maximum atomic E-state index is 5.64. The summed E-state index contributed by atoms with van der Waals surface area (Å²) >= 11 is 0. The van der Waals surface area contributed by atoms with Gasteiger partial charge in [-0.15, -0.1) is 0 Å². The second-order valence-corrected chi connectivity index (χ2v) is 5.06. The van der Waals surface area contributed by atoms with E-state index >= 15 is 0 Å². The van der Waals surface area contributed by atoms with Crippen molar-refractivity contribution in [2.75, 3.05) is 13.2 Å². The van der Waals surface area contributed by atoms with Crippen LogP contribution in [-0.4, -0.2) is 33.5 Å². The molecule has 1 rings (SSSR count). The van der Waals surface area contributed by atoms with Crippen LogP contribution in [0.4, 0.5) is 0 Å². The van der Waals surface area contributed by atoms with E-state index in [4.69, 9.17) is 4.74 Å². The summed E-state index contributed by atoms with van der Waals surface area (Å²) in [7, 11) is 0. The van der Waals surface area contributed by atoms with Crippen LogP contribution in [0.2, 0.25) is 0 Å². The average Bonchev–Trinajstić information content (AvgIpc) is 2.64. The molecule has 1 aromatic heterocycles. The number of aromatic nitrogens is 3. The van der Waals surface area contributed by atoms with Crippen molar-refractivity contribution in [3.63, 3.8) is 0 Å². The quantitative estimate of drug-likeness (QED) is 0.735. The Hall–Kier alpha value is -0.940. The smallest absolute Gasteiger partial charge is 0.164 e. The summed E-state index contributed by atoms with van der Waals surface area (Å²) in [4.78, 5) is 4.24. The second kappa shape index (κ2) is 6.71. The molecule has 5 heteroatoms. The van der Waals surface area contributed by atoms with Crippen LogP contribution in [0.1, 0.15) is 39.9 Å². The lowest BCUT2D eigenvalue weighted by Crippen LogP contribution is -2.22. The van der Waals surface area contributed by atoms with E-state index in [1.54, 1.807) is 6.33 Å². The molecule has 0 saturated heterocycles. The normalized spacial score (nSPS) is 12.0. The van der Waals surface area contributed by atoms with Crippen molar-refractivity contribution >= 4 is 0 Å². The predicted molar refractivity (Wildman–Crippen MR) is 67.7 cm³/mol. The molecule has 0 radical (unpaired) electrons. The number of hydrogen-bond acceptors (Lipinski definition) is 4. The number of nitrogens with zero attached hydrogens (tertiary/aromatic N) is 3. The fourth-order valence-electron chi connectivity index (χ4n) is 1.34. The second-order valence-electron chi connectivity index (χ2n) is 5.06. The molecule has 0 atom stereocenters. The Labute approximate surface area is 104 Å². The minimum Gasteiger partial charge on any atom is -0.374 e. The Morgan fingerprint density at radius 2 is 2.18 bits per heavy atom. The van der Waals surface area contributed by atoms with Gasteiger partial charge >= 0.3 is 0 Å². The molecular formula is C12H24N4O. The van der Waals surface area contributed by atoms with E-state index in [2.05, 4.69) is 43.1 Å². The Morgan fingerprint density at radius 3 is 2.82 bits per heavy atom. The predicted octanol–water partition coefficient (Wildman–Crippen LogP) is 1.59. The highest BCUT2D eigenvalue weighted by Gasteiger charge is 2.09. The first-order valence-electron chi connectivity index (χ1n) is 6.24. The molecule has 0 fully saturated rings. The summed E-state index contributed by atoms with van der Waals surface area (Å²) in [5, 5.41) is 7.64. The maximum absolute atomic E-state index is 5.64. The zero-order valence-electron chi connectivity index (χ0n) is 11.4. The molecule has 0 aromatic carbocycles. The van der Waals surface area contributed by atoms with Gasteiger partial charge in [-0.2, -0.15) is 5.10 Å².